The summed E-state index contributed by atoms with van der Waals surface area (Å²) >= 11 is 0. The molecule has 2 rings (SSSR count). The van der Waals surface area contributed by atoms with Crippen LogP contribution in [-0.4, -0.2) is 38.4 Å². The van der Waals surface area contributed by atoms with Crippen LogP contribution < -0.4 is 5.73 Å². The highest BCUT2D eigenvalue weighted by Gasteiger charge is 2.20. The number of hydrogen-bond acceptors (Lipinski definition) is 8. The fourth-order valence-corrected chi connectivity index (χ4v) is 1.15. The van der Waals surface area contributed by atoms with Crippen molar-refractivity contribution in [2.75, 3.05) is 12.8 Å². The third kappa shape index (κ3) is 1.38. The Labute approximate surface area is 89.1 Å². The molecule has 0 aromatic carbocycles. The van der Waals surface area contributed by atoms with Crippen LogP contribution in [-0.2, 0) is 4.74 Å². The molecule has 0 amide bonds. The number of hydrogen-bond donors (Lipinski definition) is 1. The summed E-state index contributed by atoms with van der Waals surface area (Å²) in [6.07, 6.45) is 0. The topological polar surface area (TPSA) is 122 Å². The van der Waals surface area contributed by atoms with E-state index in [0.29, 0.717) is 5.69 Å². The summed E-state index contributed by atoms with van der Waals surface area (Å²) in [7, 11) is 1.26. The summed E-state index contributed by atoms with van der Waals surface area (Å²) in [6, 6.07) is 0. The SMILES string of the molecule is COC(=O)c1nnn(-c2nonc2N)c1C. The van der Waals surface area contributed by atoms with Crippen LogP contribution >= 0.6 is 0 Å². The second-order valence-corrected chi connectivity index (χ2v) is 2.90. The van der Waals surface area contributed by atoms with E-state index in [0.717, 1.165) is 0 Å². The lowest BCUT2D eigenvalue weighted by Crippen LogP contribution is -2.06. The van der Waals surface area contributed by atoms with E-state index >= 15 is 0 Å². The maximum absolute atomic E-state index is 11.3. The van der Waals surface area contributed by atoms with Crippen molar-refractivity contribution in [1.82, 2.24) is 25.3 Å². The Balaban J connectivity index is 2.49. The Morgan fingerprint density at radius 2 is 2.25 bits per heavy atom. The Bertz CT molecular complexity index is 530. The van der Waals surface area contributed by atoms with Gasteiger partial charge in [-0.25, -0.2) is 9.42 Å². The molecular weight excluding hydrogens is 216 g/mol. The van der Waals surface area contributed by atoms with Crippen molar-refractivity contribution in [3.8, 4) is 5.82 Å². The zero-order valence-electron chi connectivity index (χ0n) is 8.54. The van der Waals surface area contributed by atoms with Crippen LogP contribution in [0.15, 0.2) is 4.63 Å². The van der Waals surface area contributed by atoms with E-state index in [1.807, 2.05) is 0 Å². The molecule has 84 valence electrons. The average Bonchev–Trinajstić information content (AvgIpc) is 2.84. The first-order valence-corrected chi connectivity index (χ1v) is 4.24. The van der Waals surface area contributed by atoms with E-state index in [1.165, 1.54) is 11.8 Å². The minimum atomic E-state index is -0.584. The number of nitrogens with zero attached hydrogens (tertiary/aromatic N) is 5. The molecule has 0 saturated carbocycles. The molecule has 2 aromatic heterocycles. The first-order valence-electron chi connectivity index (χ1n) is 4.24. The van der Waals surface area contributed by atoms with E-state index < -0.39 is 5.97 Å². The molecular formula is C7H8N6O3. The number of rotatable bonds is 2. The van der Waals surface area contributed by atoms with Crippen LogP contribution in [0, 0.1) is 6.92 Å². The second-order valence-electron chi connectivity index (χ2n) is 2.90. The van der Waals surface area contributed by atoms with Crippen molar-refractivity contribution in [2.45, 2.75) is 6.92 Å². The lowest BCUT2D eigenvalue weighted by Gasteiger charge is -1.97. The van der Waals surface area contributed by atoms with Crippen LogP contribution in [0.5, 0.6) is 0 Å². The van der Waals surface area contributed by atoms with Crippen molar-refractivity contribution in [1.29, 1.82) is 0 Å². The highest BCUT2D eigenvalue weighted by Crippen LogP contribution is 2.14. The Morgan fingerprint density at radius 1 is 1.50 bits per heavy atom. The van der Waals surface area contributed by atoms with Gasteiger partial charge in [0.25, 0.3) is 0 Å². The maximum Gasteiger partial charge on any atom is 0.360 e. The minimum absolute atomic E-state index is 0.0596. The van der Waals surface area contributed by atoms with Gasteiger partial charge in [0, 0.05) is 0 Å². The minimum Gasteiger partial charge on any atom is -0.464 e. The highest BCUT2D eigenvalue weighted by molar-refractivity contribution is 5.88. The van der Waals surface area contributed by atoms with Crippen molar-refractivity contribution in [2.24, 2.45) is 0 Å². The predicted molar refractivity (Wildman–Crippen MR) is 49.7 cm³/mol. The first-order chi connectivity index (χ1) is 7.65. The van der Waals surface area contributed by atoms with Crippen LogP contribution in [0.2, 0.25) is 0 Å². The fraction of sp³-hybridized carbons (Fsp3) is 0.286. The van der Waals surface area contributed by atoms with E-state index in [4.69, 9.17) is 5.73 Å². The summed E-state index contributed by atoms with van der Waals surface area (Å²) < 4.78 is 10.2. The van der Waals surface area contributed by atoms with Crippen LogP contribution in [0.1, 0.15) is 16.2 Å². The number of esters is 1. The van der Waals surface area contributed by atoms with Gasteiger partial charge in [-0.15, -0.1) is 5.10 Å². The van der Waals surface area contributed by atoms with Crippen LogP contribution in [0.3, 0.4) is 0 Å². The lowest BCUT2D eigenvalue weighted by atomic mass is 10.3. The number of anilines is 1. The van der Waals surface area contributed by atoms with Gasteiger partial charge in [-0.05, 0) is 17.2 Å². The summed E-state index contributed by atoms with van der Waals surface area (Å²) in [5, 5.41) is 14.3. The molecule has 0 aliphatic rings. The van der Waals surface area contributed by atoms with Gasteiger partial charge in [0.2, 0.25) is 11.6 Å². The molecule has 2 N–H and O–H groups in total. The predicted octanol–water partition coefficient (Wildman–Crippen LogP) is -0.672. The zero-order valence-corrected chi connectivity index (χ0v) is 8.54. The molecule has 0 fully saturated rings. The normalized spacial score (nSPS) is 10.4. The van der Waals surface area contributed by atoms with Gasteiger partial charge in [-0.3, -0.25) is 0 Å². The standard InChI is InChI=1S/C7H8N6O3/c1-3-4(7(14)15-2)9-12-13(3)6-5(8)10-16-11-6/h1-2H3,(H2,8,10). The number of aromatic nitrogens is 5. The fourth-order valence-electron chi connectivity index (χ4n) is 1.15. The third-order valence-corrected chi connectivity index (χ3v) is 1.97. The average molecular weight is 224 g/mol. The molecule has 2 heterocycles. The number of methoxy groups -OCH3 is 1. The Hall–Kier alpha value is -2.45. The van der Waals surface area contributed by atoms with Gasteiger partial charge >= 0.3 is 5.97 Å². The Kier molecular flexibility index (Phi) is 2.27. The van der Waals surface area contributed by atoms with Crippen LogP contribution in [0.4, 0.5) is 5.82 Å². The smallest absolute Gasteiger partial charge is 0.360 e. The number of nitrogens with two attached hydrogens (primary N) is 1. The molecule has 0 unspecified atom stereocenters. The molecule has 9 nitrogen and oxygen atoms in total. The summed E-state index contributed by atoms with van der Waals surface area (Å²) in [4.78, 5) is 11.3. The van der Waals surface area contributed by atoms with Gasteiger partial charge < -0.3 is 10.5 Å². The van der Waals surface area contributed by atoms with Crippen molar-refractivity contribution >= 4 is 11.8 Å². The van der Waals surface area contributed by atoms with Crippen molar-refractivity contribution < 1.29 is 14.2 Å². The Morgan fingerprint density at radius 3 is 2.81 bits per heavy atom. The van der Waals surface area contributed by atoms with Crippen LogP contribution in [0.25, 0.3) is 5.82 Å². The third-order valence-electron chi connectivity index (χ3n) is 1.97. The number of ether oxygens (including phenoxy) is 1. The van der Waals surface area contributed by atoms with Crippen molar-refractivity contribution in [3.05, 3.63) is 11.4 Å². The van der Waals surface area contributed by atoms with Gasteiger partial charge in [0.15, 0.2) is 5.69 Å². The van der Waals surface area contributed by atoms with Gasteiger partial charge in [-0.2, -0.15) is 4.68 Å². The quantitative estimate of drug-likeness (QED) is 0.666. The number of nitrogen functional groups attached to an aromatic ring is 1. The lowest BCUT2D eigenvalue weighted by molar-refractivity contribution is 0.0593. The second kappa shape index (κ2) is 3.61. The molecule has 0 aliphatic carbocycles. The van der Waals surface area contributed by atoms with E-state index in [-0.39, 0.29) is 17.3 Å². The first kappa shape index (κ1) is 10.1. The van der Waals surface area contributed by atoms with Gasteiger partial charge in [0.05, 0.1) is 12.8 Å². The van der Waals surface area contributed by atoms with E-state index in [2.05, 4.69) is 30.0 Å². The molecule has 0 radical (unpaired) electrons. The zero-order chi connectivity index (χ0) is 11.7. The molecule has 0 aliphatic heterocycles. The maximum atomic E-state index is 11.3. The molecule has 2 aromatic rings. The molecule has 9 heteroatoms. The van der Waals surface area contributed by atoms with E-state index in [9.17, 15) is 4.79 Å². The largest absolute Gasteiger partial charge is 0.464 e. The molecule has 0 spiro atoms. The summed E-state index contributed by atoms with van der Waals surface area (Å²) in [5.74, 6) is -0.344. The molecule has 0 atom stereocenters. The molecule has 16 heavy (non-hydrogen) atoms. The summed E-state index contributed by atoms with van der Waals surface area (Å²) in [6.45, 7) is 1.63. The number of carbonyl (C=O) groups excluding carboxylic acids is 1. The van der Waals surface area contributed by atoms with Gasteiger partial charge in [0.1, 0.15) is 0 Å². The molecule has 0 saturated heterocycles. The van der Waals surface area contributed by atoms with Gasteiger partial charge in [-0.1, -0.05) is 5.21 Å². The monoisotopic (exact) mass is 224 g/mol. The van der Waals surface area contributed by atoms with Crippen molar-refractivity contribution in [3.63, 3.8) is 0 Å². The molecule has 0 bridgehead atoms. The number of carbonyl (C=O) groups is 1. The summed E-state index contributed by atoms with van der Waals surface area (Å²) in [5.41, 5.74) is 6.01. The highest BCUT2D eigenvalue weighted by atomic mass is 16.6. The van der Waals surface area contributed by atoms with E-state index in [1.54, 1.807) is 6.92 Å².